The molecule has 0 aromatic heterocycles. The van der Waals surface area contributed by atoms with Gasteiger partial charge >= 0.3 is 0 Å². The summed E-state index contributed by atoms with van der Waals surface area (Å²) in [6.07, 6.45) is 1.65. The smallest absolute Gasteiger partial charge is 0.220 e. The van der Waals surface area contributed by atoms with Gasteiger partial charge in [0.15, 0.2) is 0 Å². The second-order valence-electron chi connectivity index (χ2n) is 4.05. The van der Waals surface area contributed by atoms with E-state index < -0.39 is 5.91 Å². The molecule has 1 rings (SSSR count). The van der Waals surface area contributed by atoms with Gasteiger partial charge in [-0.1, -0.05) is 12.1 Å². The highest BCUT2D eigenvalue weighted by atomic mass is 19.1. The molecule has 5 heteroatoms. The molecule has 0 aliphatic carbocycles. The summed E-state index contributed by atoms with van der Waals surface area (Å²) in [6.45, 7) is 0.501. The maximum atomic E-state index is 12.6. The Morgan fingerprint density at radius 2 is 1.83 bits per heavy atom. The molecule has 0 unspecified atom stereocenters. The number of carbonyl (C=O) groups excluding carboxylic acids is 2. The number of benzene rings is 1. The van der Waals surface area contributed by atoms with Crippen molar-refractivity contribution in [3.8, 4) is 0 Å². The number of halogens is 1. The van der Waals surface area contributed by atoms with Crippen LogP contribution in [0, 0.1) is 5.82 Å². The van der Waals surface area contributed by atoms with Crippen molar-refractivity contribution in [1.82, 2.24) is 5.32 Å². The SMILES string of the molecule is NC(=O)CCCC(=O)NCCc1ccc(F)cc1. The highest BCUT2D eigenvalue weighted by molar-refractivity contribution is 5.77. The third kappa shape index (κ3) is 5.98. The largest absolute Gasteiger partial charge is 0.370 e. The Labute approximate surface area is 105 Å². The van der Waals surface area contributed by atoms with Crippen LogP contribution in [0.1, 0.15) is 24.8 Å². The molecule has 2 amide bonds. The van der Waals surface area contributed by atoms with Crippen LogP contribution >= 0.6 is 0 Å². The van der Waals surface area contributed by atoms with Crippen LogP contribution < -0.4 is 11.1 Å². The fraction of sp³-hybridized carbons (Fsp3) is 0.385. The Bertz CT molecular complexity index is 404. The normalized spacial score (nSPS) is 10.1. The fourth-order valence-corrected chi connectivity index (χ4v) is 1.51. The second kappa shape index (κ2) is 7.42. The molecule has 3 N–H and O–H groups in total. The van der Waals surface area contributed by atoms with Crippen LogP contribution in [0.25, 0.3) is 0 Å². The van der Waals surface area contributed by atoms with Gasteiger partial charge in [0.25, 0.3) is 0 Å². The predicted molar refractivity (Wildman–Crippen MR) is 66.2 cm³/mol. The Morgan fingerprint density at radius 1 is 1.17 bits per heavy atom. The van der Waals surface area contributed by atoms with E-state index in [4.69, 9.17) is 5.73 Å². The maximum Gasteiger partial charge on any atom is 0.220 e. The second-order valence-corrected chi connectivity index (χ2v) is 4.05. The van der Waals surface area contributed by atoms with Gasteiger partial charge in [0.2, 0.25) is 11.8 Å². The number of rotatable bonds is 7. The van der Waals surface area contributed by atoms with Gasteiger partial charge in [0.05, 0.1) is 0 Å². The van der Waals surface area contributed by atoms with E-state index in [1.165, 1.54) is 12.1 Å². The lowest BCUT2D eigenvalue weighted by Gasteiger charge is -2.05. The number of nitrogens with two attached hydrogens (primary N) is 1. The molecule has 4 nitrogen and oxygen atoms in total. The molecule has 0 spiro atoms. The van der Waals surface area contributed by atoms with E-state index in [2.05, 4.69) is 5.32 Å². The van der Waals surface area contributed by atoms with Crippen molar-refractivity contribution in [2.75, 3.05) is 6.54 Å². The lowest BCUT2D eigenvalue weighted by atomic mass is 10.1. The first-order valence-corrected chi connectivity index (χ1v) is 5.87. The summed E-state index contributed by atoms with van der Waals surface area (Å²) in [6, 6.07) is 6.16. The monoisotopic (exact) mass is 252 g/mol. The molecule has 0 aliphatic rings. The van der Waals surface area contributed by atoms with Gasteiger partial charge in [-0.05, 0) is 30.5 Å². The maximum absolute atomic E-state index is 12.6. The number of primary amides is 1. The Kier molecular flexibility index (Phi) is 5.84. The fourth-order valence-electron chi connectivity index (χ4n) is 1.51. The molecule has 0 bridgehead atoms. The third-order valence-electron chi connectivity index (χ3n) is 2.48. The Hall–Kier alpha value is -1.91. The van der Waals surface area contributed by atoms with E-state index in [0.29, 0.717) is 25.8 Å². The average Bonchev–Trinajstić information content (AvgIpc) is 2.31. The van der Waals surface area contributed by atoms with E-state index >= 15 is 0 Å². The molecular weight excluding hydrogens is 235 g/mol. The highest BCUT2D eigenvalue weighted by Crippen LogP contribution is 2.03. The van der Waals surface area contributed by atoms with Crippen LogP contribution in [0.4, 0.5) is 4.39 Å². The first-order chi connectivity index (χ1) is 8.58. The van der Waals surface area contributed by atoms with Gasteiger partial charge in [-0.25, -0.2) is 4.39 Å². The van der Waals surface area contributed by atoms with Gasteiger partial charge in [0, 0.05) is 19.4 Å². The van der Waals surface area contributed by atoms with Crippen LogP contribution in [0.2, 0.25) is 0 Å². The van der Waals surface area contributed by atoms with Crippen LogP contribution in [0.3, 0.4) is 0 Å². The topological polar surface area (TPSA) is 72.2 Å². The van der Waals surface area contributed by atoms with Crippen LogP contribution in [0.5, 0.6) is 0 Å². The summed E-state index contributed by atoms with van der Waals surface area (Å²) in [5, 5.41) is 2.73. The van der Waals surface area contributed by atoms with Crippen molar-refractivity contribution < 1.29 is 14.0 Å². The molecule has 0 aliphatic heterocycles. The lowest BCUT2D eigenvalue weighted by Crippen LogP contribution is -2.25. The standard InChI is InChI=1S/C13H17FN2O2/c14-11-6-4-10(5-7-11)8-9-16-13(18)3-1-2-12(15)17/h4-7H,1-3,8-9H2,(H2,15,17)(H,16,18). The summed E-state index contributed by atoms with van der Waals surface area (Å²) >= 11 is 0. The molecule has 0 radical (unpaired) electrons. The molecule has 1 aromatic rings. The molecule has 18 heavy (non-hydrogen) atoms. The van der Waals surface area contributed by atoms with E-state index in [1.54, 1.807) is 12.1 Å². The van der Waals surface area contributed by atoms with Crippen LogP contribution in [-0.4, -0.2) is 18.4 Å². The van der Waals surface area contributed by atoms with E-state index in [1.807, 2.05) is 0 Å². The van der Waals surface area contributed by atoms with E-state index in [9.17, 15) is 14.0 Å². The van der Waals surface area contributed by atoms with Crippen molar-refractivity contribution in [3.63, 3.8) is 0 Å². The van der Waals surface area contributed by atoms with Gasteiger partial charge in [-0.2, -0.15) is 0 Å². The van der Waals surface area contributed by atoms with Crippen molar-refractivity contribution in [2.45, 2.75) is 25.7 Å². The molecule has 0 heterocycles. The van der Waals surface area contributed by atoms with Crippen LogP contribution in [0.15, 0.2) is 24.3 Å². The first kappa shape index (κ1) is 14.2. The number of carbonyl (C=O) groups is 2. The quantitative estimate of drug-likeness (QED) is 0.763. The molecule has 98 valence electrons. The Morgan fingerprint density at radius 3 is 2.44 bits per heavy atom. The number of amides is 2. The lowest BCUT2D eigenvalue weighted by molar-refractivity contribution is -0.121. The minimum absolute atomic E-state index is 0.0987. The first-order valence-electron chi connectivity index (χ1n) is 5.87. The minimum Gasteiger partial charge on any atom is -0.370 e. The molecular formula is C13H17FN2O2. The van der Waals surface area contributed by atoms with Crippen molar-refractivity contribution in [3.05, 3.63) is 35.6 Å². The molecule has 0 saturated carbocycles. The molecule has 0 atom stereocenters. The van der Waals surface area contributed by atoms with Gasteiger partial charge in [0.1, 0.15) is 5.82 Å². The molecule has 0 saturated heterocycles. The van der Waals surface area contributed by atoms with Crippen LogP contribution in [-0.2, 0) is 16.0 Å². The zero-order chi connectivity index (χ0) is 13.4. The summed E-state index contributed by atoms with van der Waals surface area (Å²) in [5.41, 5.74) is 5.93. The average molecular weight is 252 g/mol. The van der Waals surface area contributed by atoms with Gasteiger partial charge in [-0.15, -0.1) is 0 Å². The number of hydrogen-bond donors (Lipinski definition) is 2. The number of nitrogens with one attached hydrogen (secondary N) is 1. The number of hydrogen-bond acceptors (Lipinski definition) is 2. The van der Waals surface area contributed by atoms with E-state index in [-0.39, 0.29) is 18.1 Å². The third-order valence-corrected chi connectivity index (χ3v) is 2.48. The summed E-state index contributed by atoms with van der Waals surface area (Å²) in [4.78, 5) is 21.8. The minimum atomic E-state index is -0.394. The zero-order valence-corrected chi connectivity index (χ0v) is 10.1. The Balaban J connectivity index is 2.15. The summed E-state index contributed by atoms with van der Waals surface area (Å²) < 4.78 is 12.6. The molecule has 0 fully saturated rings. The van der Waals surface area contributed by atoms with Crippen molar-refractivity contribution in [1.29, 1.82) is 0 Å². The highest BCUT2D eigenvalue weighted by Gasteiger charge is 2.02. The predicted octanol–water partition coefficient (Wildman–Crippen LogP) is 1.14. The molecule has 1 aromatic carbocycles. The van der Waals surface area contributed by atoms with Gasteiger partial charge in [-0.3, -0.25) is 9.59 Å². The van der Waals surface area contributed by atoms with Crippen molar-refractivity contribution in [2.24, 2.45) is 5.73 Å². The zero-order valence-electron chi connectivity index (χ0n) is 10.1. The van der Waals surface area contributed by atoms with Gasteiger partial charge < -0.3 is 11.1 Å². The summed E-state index contributed by atoms with van der Waals surface area (Å²) in [7, 11) is 0. The summed E-state index contributed by atoms with van der Waals surface area (Å²) in [5.74, 6) is -0.762. The van der Waals surface area contributed by atoms with E-state index in [0.717, 1.165) is 5.56 Å². The van der Waals surface area contributed by atoms with Crippen molar-refractivity contribution >= 4 is 11.8 Å².